The van der Waals surface area contributed by atoms with Gasteiger partial charge in [0.05, 0.1) is 16.7 Å². The van der Waals surface area contributed by atoms with Crippen LogP contribution in [0.3, 0.4) is 0 Å². The van der Waals surface area contributed by atoms with E-state index in [1.807, 2.05) is 26.3 Å². The summed E-state index contributed by atoms with van der Waals surface area (Å²) in [5.74, 6) is -0.0197. The highest BCUT2D eigenvalue weighted by molar-refractivity contribution is 7.09. The summed E-state index contributed by atoms with van der Waals surface area (Å²) < 4.78 is 0. The third-order valence-electron chi connectivity index (χ3n) is 3.52. The number of rotatable bonds is 4. The van der Waals surface area contributed by atoms with E-state index in [9.17, 15) is 4.79 Å². The quantitative estimate of drug-likeness (QED) is 0.800. The number of aromatic nitrogens is 1. The molecule has 0 bridgehead atoms. The number of likely N-dealkylation sites (N-methyl/N-ethyl adjacent to an activating group) is 1. The van der Waals surface area contributed by atoms with Crippen molar-refractivity contribution < 1.29 is 4.79 Å². The molecular formula is C17H20N2OS. The summed E-state index contributed by atoms with van der Waals surface area (Å²) in [6, 6.07) is 8.31. The molecule has 0 radical (unpaired) electrons. The van der Waals surface area contributed by atoms with Gasteiger partial charge in [0.15, 0.2) is 0 Å². The van der Waals surface area contributed by atoms with E-state index in [1.165, 1.54) is 5.56 Å². The summed E-state index contributed by atoms with van der Waals surface area (Å²) in [6.45, 7) is 6.04. The maximum Gasteiger partial charge on any atom is 0.246 e. The minimum atomic E-state index is -0.0197. The van der Waals surface area contributed by atoms with Crippen molar-refractivity contribution in [3.63, 3.8) is 0 Å². The number of thiazole rings is 1. The first-order valence-electron chi connectivity index (χ1n) is 6.91. The van der Waals surface area contributed by atoms with Gasteiger partial charge in [-0.3, -0.25) is 4.79 Å². The molecule has 0 aliphatic carbocycles. The standard InChI is InChI=1S/C17H20N2OS/c1-12-5-7-15(8-6-12)13(2)19(4)17(20)10-9-16-11-21-14(3)18-16/h5-11,13H,1-4H3/b10-9+. The number of carbonyl (C=O) groups is 1. The Bertz CT molecular complexity index is 643. The molecule has 1 aromatic carbocycles. The van der Waals surface area contributed by atoms with Crippen LogP contribution in [0.1, 0.15) is 34.8 Å². The SMILES string of the molecule is Cc1ccc(C(C)N(C)C(=O)/C=C/c2csc(C)n2)cc1. The molecule has 110 valence electrons. The van der Waals surface area contributed by atoms with Gasteiger partial charge < -0.3 is 4.90 Å². The molecule has 0 N–H and O–H groups in total. The Labute approximate surface area is 129 Å². The lowest BCUT2D eigenvalue weighted by Crippen LogP contribution is -2.27. The Kier molecular flexibility index (Phi) is 4.91. The Morgan fingerprint density at radius 3 is 2.52 bits per heavy atom. The lowest BCUT2D eigenvalue weighted by atomic mass is 10.1. The fraction of sp³-hybridized carbons (Fsp3) is 0.294. The first kappa shape index (κ1) is 15.4. The van der Waals surface area contributed by atoms with Crippen molar-refractivity contribution in [1.82, 2.24) is 9.88 Å². The molecule has 1 atom stereocenters. The van der Waals surface area contributed by atoms with Crippen LogP contribution in [0.25, 0.3) is 6.08 Å². The van der Waals surface area contributed by atoms with E-state index < -0.39 is 0 Å². The molecule has 2 rings (SSSR count). The molecule has 1 unspecified atom stereocenters. The first-order valence-corrected chi connectivity index (χ1v) is 7.79. The van der Waals surface area contributed by atoms with E-state index in [-0.39, 0.29) is 11.9 Å². The number of aryl methyl sites for hydroxylation is 2. The highest BCUT2D eigenvalue weighted by Gasteiger charge is 2.15. The van der Waals surface area contributed by atoms with Crippen LogP contribution in [-0.2, 0) is 4.79 Å². The van der Waals surface area contributed by atoms with E-state index in [0.717, 1.165) is 16.3 Å². The molecule has 0 fully saturated rings. The van der Waals surface area contributed by atoms with E-state index in [1.54, 1.807) is 28.4 Å². The van der Waals surface area contributed by atoms with Crippen molar-refractivity contribution in [3.05, 3.63) is 57.6 Å². The van der Waals surface area contributed by atoms with Crippen molar-refractivity contribution >= 4 is 23.3 Å². The summed E-state index contributed by atoms with van der Waals surface area (Å²) in [5, 5.41) is 2.95. The summed E-state index contributed by atoms with van der Waals surface area (Å²) in [6.07, 6.45) is 3.35. The molecule has 21 heavy (non-hydrogen) atoms. The van der Waals surface area contributed by atoms with Gasteiger partial charge in [-0.2, -0.15) is 0 Å². The summed E-state index contributed by atoms with van der Waals surface area (Å²) >= 11 is 1.58. The van der Waals surface area contributed by atoms with Crippen molar-refractivity contribution in [2.75, 3.05) is 7.05 Å². The van der Waals surface area contributed by atoms with Gasteiger partial charge in [-0.1, -0.05) is 29.8 Å². The van der Waals surface area contributed by atoms with Crippen LogP contribution in [0.5, 0.6) is 0 Å². The summed E-state index contributed by atoms with van der Waals surface area (Å²) in [7, 11) is 1.82. The van der Waals surface area contributed by atoms with Gasteiger partial charge in [-0.05, 0) is 32.4 Å². The normalized spacial score (nSPS) is 12.6. The van der Waals surface area contributed by atoms with Crippen molar-refractivity contribution in [2.24, 2.45) is 0 Å². The van der Waals surface area contributed by atoms with Gasteiger partial charge in [0.2, 0.25) is 5.91 Å². The largest absolute Gasteiger partial charge is 0.335 e. The Balaban J connectivity index is 2.04. The van der Waals surface area contributed by atoms with E-state index >= 15 is 0 Å². The highest BCUT2D eigenvalue weighted by atomic mass is 32.1. The predicted octanol–water partition coefficient (Wildman–Crippen LogP) is 3.99. The van der Waals surface area contributed by atoms with E-state index in [4.69, 9.17) is 0 Å². The van der Waals surface area contributed by atoms with Gasteiger partial charge in [0, 0.05) is 18.5 Å². The fourth-order valence-corrected chi connectivity index (χ4v) is 2.57. The van der Waals surface area contributed by atoms with E-state index in [0.29, 0.717) is 0 Å². The molecule has 1 heterocycles. The number of benzene rings is 1. The highest BCUT2D eigenvalue weighted by Crippen LogP contribution is 2.19. The van der Waals surface area contributed by atoms with Crippen LogP contribution in [0.4, 0.5) is 0 Å². The lowest BCUT2D eigenvalue weighted by Gasteiger charge is -2.24. The van der Waals surface area contributed by atoms with Crippen molar-refractivity contribution in [2.45, 2.75) is 26.8 Å². The summed E-state index contributed by atoms with van der Waals surface area (Å²) in [4.78, 5) is 18.3. The lowest BCUT2D eigenvalue weighted by molar-refractivity contribution is -0.126. The van der Waals surface area contributed by atoms with Gasteiger partial charge >= 0.3 is 0 Å². The number of nitrogens with zero attached hydrogens (tertiary/aromatic N) is 2. The second-order valence-electron chi connectivity index (χ2n) is 5.16. The average Bonchev–Trinajstić information content (AvgIpc) is 2.89. The first-order chi connectivity index (χ1) is 9.97. The summed E-state index contributed by atoms with van der Waals surface area (Å²) in [5.41, 5.74) is 3.19. The van der Waals surface area contributed by atoms with E-state index in [2.05, 4.69) is 36.2 Å². The molecule has 3 nitrogen and oxygen atoms in total. The van der Waals surface area contributed by atoms with Crippen LogP contribution in [0.15, 0.2) is 35.7 Å². The second kappa shape index (κ2) is 6.68. The minimum Gasteiger partial charge on any atom is -0.335 e. The molecule has 4 heteroatoms. The smallest absolute Gasteiger partial charge is 0.246 e. The number of hydrogen-bond acceptors (Lipinski definition) is 3. The Morgan fingerprint density at radius 1 is 1.29 bits per heavy atom. The molecule has 1 amide bonds. The maximum atomic E-state index is 12.2. The Hall–Kier alpha value is -1.94. The van der Waals surface area contributed by atoms with Crippen LogP contribution in [-0.4, -0.2) is 22.8 Å². The monoisotopic (exact) mass is 300 g/mol. The van der Waals surface area contributed by atoms with Gasteiger partial charge in [-0.25, -0.2) is 4.98 Å². The van der Waals surface area contributed by atoms with Gasteiger partial charge in [-0.15, -0.1) is 11.3 Å². The molecule has 2 aromatic rings. The molecule has 0 spiro atoms. The van der Waals surface area contributed by atoms with Crippen LogP contribution in [0.2, 0.25) is 0 Å². The fourth-order valence-electron chi connectivity index (χ4n) is 1.99. The zero-order valence-corrected chi connectivity index (χ0v) is 13.6. The number of amides is 1. The van der Waals surface area contributed by atoms with Crippen LogP contribution in [0, 0.1) is 13.8 Å². The average molecular weight is 300 g/mol. The predicted molar refractivity (Wildman–Crippen MR) is 88.2 cm³/mol. The molecule has 0 aliphatic heterocycles. The molecular weight excluding hydrogens is 280 g/mol. The van der Waals surface area contributed by atoms with Crippen LogP contribution >= 0.6 is 11.3 Å². The number of hydrogen-bond donors (Lipinski definition) is 0. The zero-order chi connectivity index (χ0) is 15.4. The molecule has 0 saturated heterocycles. The second-order valence-corrected chi connectivity index (χ2v) is 6.22. The zero-order valence-electron chi connectivity index (χ0n) is 12.8. The third-order valence-corrected chi connectivity index (χ3v) is 4.31. The minimum absolute atomic E-state index is 0.0197. The van der Waals surface area contributed by atoms with Crippen molar-refractivity contribution in [1.29, 1.82) is 0 Å². The van der Waals surface area contributed by atoms with Crippen LogP contribution < -0.4 is 0 Å². The topological polar surface area (TPSA) is 33.2 Å². The molecule has 0 aliphatic rings. The van der Waals surface area contributed by atoms with Gasteiger partial charge in [0.1, 0.15) is 0 Å². The molecule has 0 saturated carbocycles. The molecule has 1 aromatic heterocycles. The maximum absolute atomic E-state index is 12.2. The third kappa shape index (κ3) is 4.02. The number of carbonyl (C=O) groups excluding carboxylic acids is 1. The van der Waals surface area contributed by atoms with Crippen molar-refractivity contribution in [3.8, 4) is 0 Å². The van der Waals surface area contributed by atoms with Gasteiger partial charge in [0.25, 0.3) is 0 Å². The Morgan fingerprint density at radius 2 is 1.95 bits per heavy atom.